The van der Waals surface area contributed by atoms with Gasteiger partial charge >= 0.3 is 0 Å². The highest BCUT2D eigenvalue weighted by Gasteiger charge is 2.12. The van der Waals surface area contributed by atoms with Crippen molar-refractivity contribution >= 4 is 11.3 Å². The van der Waals surface area contributed by atoms with Gasteiger partial charge in [-0.1, -0.05) is 12.1 Å². The first-order valence-corrected chi connectivity index (χ1v) is 7.80. The summed E-state index contributed by atoms with van der Waals surface area (Å²) in [7, 11) is 0. The molecule has 0 radical (unpaired) electrons. The van der Waals surface area contributed by atoms with Crippen LogP contribution in [0.5, 0.6) is 0 Å². The number of thiazole rings is 1. The molecule has 2 N–H and O–H groups in total. The van der Waals surface area contributed by atoms with Crippen LogP contribution in [-0.2, 0) is 12.8 Å². The summed E-state index contributed by atoms with van der Waals surface area (Å²) in [6.45, 7) is 0. The molecule has 2 heterocycles. The van der Waals surface area contributed by atoms with Crippen molar-refractivity contribution in [2.24, 2.45) is 0 Å². The van der Waals surface area contributed by atoms with Gasteiger partial charge in [-0.05, 0) is 30.5 Å². The fraction of sp³-hybridized carbons (Fsp3) is 0.267. The standard InChI is InChI=1S/C15H15FN4OS/c16-11-3-1-2-10(6-11)7-14-19-12(8-22-14)4-5-13(21)15-17-9-18-20-15/h1-3,6,8-9,13,21H,4-5,7H2,(H,17,18,20). The van der Waals surface area contributed by atoms with E-state index in [-0.39, 0.29) is 5.82 Å². The molecule has 0 fully saturated rings. The number of rotatable bonds is 6. The molecule has 2 aromatic heterocycles. The predicted molar refractivity (Wildman–Crippen MR) is 81.0 cm³/mol. The van der Waals surface area contributed by atoms with Crippen molar-refractivity contribution < 1.29 is 9.50 Å². The van der Waals surface area contributed by atoms with Crippen LogP contribution >= 0.6 is 11.3 Å². The second-order valence-corrected chi connectivity index (χ2v) is 5.89. The maximum atomic E-state index is 13.2. The van der Waals surface area contributed by atoms with Crippen LogP contribution in [0.4, 0.5) is 4.39 Å². The Morgan fingerprint density at radius 2 is 2.27 bits per heavy atom. The van der Waals surface area contributed by atoms with E-state index in [4.69, 9.17) is 0 Å². The summed E-state index contributed by atoms with van der Waals surface area (Å²) in [4.78, 5) is 8.45. The lowest BCUT2D eigenvalue weighted by atomic mass is 10.1. The van der Waals surface area contributed by atoms with Gasteiger partial charge in [0.1, 0.15) is 18.2 Å². The summed E-state index contributed by atoms with van der Waals surface area (Å²) in [6.07, 6.45) is 2.53. The number of hydrogen-bond donors (Lipinski definition) is 2. The molecule has 3 aromatic rings. The zero-order valence-corrected chi connectivity index (χ0v) is 12.6. The molecule has 0 spiro atoms. The Labute approximate surface area is 130 Å². The zero-order chi connectivity index (χ0) is 15.4. The molecule has 5 nitrogen and oxygen atoms in total. The van der Waals surface area contributed by atoms with E-state index < -0.39 is 6.10 Å². The van der Waals surface area contributed by atoms with Gasteiger partial charge in [-0.15, -0.1) is 11.3 Å². The van der Waals surface area contributed by atoms with Crippen LogP contribution in [0.3, 0.4) is 0 Å². The molecule has 1 aromatic carbocycles. The van der Waals surface area contributed by atoms with Crippen LogP contribution in [0, 0.1) is 5.82 Å². The Kier molecular flexibility index (Phi) is 4.55. The number of nitrogens with one attached hydrogen (secondary N) is 1. The second-order valence-electron chi connectivity index (χ2n) is 4.95. The highest BCUT2D eigenvalue weighted by atomic mass is 32.1. The third-order valence-corrected chi connectivity index (χ3v) is 4.15. The number of halogens is 1. The number of H-pyrrole nitrogens is 1. The fourth-order valence-corrected chi connectivity index (χ4v) is 3.02. The highest BCUT2D eigenvalue weighted by molar-refractivity contribution is 7.09. The summed E-state index contributed by atoms with van der Waals surface area (Å²) in [5.41, 5.74) is 1.83. The molecule has 1 unspecified atom stereocenters. The van der Waals surface area contributed by atoms with E-state index in [1.54, 1.807) is 17.4 Å². The quantitative estimate of drug-likeness (QED) is 0.733. The largest absolute Gasteiger partial charge is 0.385 e. The van der Waals surface area contributed by atoms with Gasteiger partial charge in [0.2, 0.25) is 0 Å². The smallest absolute Gasteiger partial charge is 0.178 e. The van der Waals surface area contributed by atoms with Gasteiger partial charge in [0.05, 0.1) is 10.7 Å². The van der Waals surface area contributed by atoms with E-state index in [0.29, 0.717) is 25.1 Å². The molecule has 1 atom stereocenters. The van der Waals surface area contributed by atoms with Gasteiger partial charge < -0.3 is 5.11 Å². The van der Waals surface area contributed by atoms with Crippen molar-refractivity contribution in [3.63, 3.8) is 0 Å². The molecule has 114 valence electrons. The first-order valence-electron chi connectivity index (χ1n) is 6.92. The summed E-state index contributed by atoms with van der Waals surface area (Å²) in [6, 6.07) is 6.54. The van der Waals surface area contributed by atoms with Crippen LogP contribution in [0.2, 0.25) is 0 Å². The zero-order valence-electron chi connectivity index (χ0n) is 11.7. The van der Waals surface area contributed by atoms with Crippen LogP contribution < -0.4 is 0 Å². The fourth-order valence-electron chi connectivity index (χ4n) is 2.16. The first-order chi connectivity index (χ1) is 10.7. The lowest BCUT2D eigenvalue weighted by molar-refractivity contribution is 0.158. The molecule has 0 amide bonds. The number of aliphatic hydroxyl groups excluding tert-OH is 1. The highest BCUT2D eigenvalue weighted by Crippen LogP contribution is 2.19. The molecule has 0 aliphatic rings. The molecular formula is C15H15FN4OS. The molecule has 0 aliphatic heterocycles. The SMILES string of the molecule is OC(CCc1csc(Cc2cccc(F)c2)n1)c1nc[nH]n1. The average Bonchev–Trinajstić information content (AvgIpc) is 3.16. The molecule has 0 bridgehead atoms. The Morgan fingerprint density at radius 3 is 3.05 bits per heavy atom. The third-order valence-electron chi connectivity index (χ3n) is 3.25. The topological polar surface area (TPSA) is 74.7 Å². The van der Waals surface area contributed by atoms with Gasteiger partial charge in [0.25, 0.3) is 0 Å². The van der Waals surface area contributed by atoms with E-state index in [9.17, 15) is 9.50 Å². The Bertz CT molecular complexity index is 729. The normalized spacial score (nSPS) is 12.5. The van der Waals surface area contributed by atoms with Gasteiger partial charge in [-0.2, -0.15) is 5.10 Å². The van der Waals surface area contributed by atoms with Crippen molar-refractivity contribution in [1.29, 1.82) is 0 Å². The van der Waals surface area contributed by atoms with Crippen molar-refractivity contribution in [3.05, 3.63) is 63.9 Å². The molecule has 0 aliphatic carbocycles. The van der Waals surface area contributed by atoms with Crippen molar-refractivity contribution in [2.75, 3.05) is 0 Å². The van der Waals surface area contributed by atoms with Gasteiger partial charge in [0, 0.05) is 11.8 Å². The molecular weight excluding hydrogens is 303 g/mol. The molecule has 0 saturated carbocycles. The average molecular weight is 318 g/mol. The maximum absolute atomic E-state index is 13.2. The molecule has 0 saturated heterocycles. The van der Waals surface area contributed by atoms with E-state index in [0.717, 1.165) is 16.3 Å². The van der Waals surface area contributed by atoms with Crippen molar-refractivity contribution in [2.45, 2.75) is 25.4 Å². The van der Waals surface area contributed by atoms with Gasteiger partial charge in [-0.25, -0.2) is 14.4 Å². The van der Waals surface area contributed by atoms with Crippen LogP contribution in [-0.4, -0.2) is 25.3 Å². The van der Waals surface area contributed by atoms with Crippen molar-refractivity contribution in [1.82, 2.24) is 20.2 Å². The first kappa shape index (κ1) is 14.8. The number of benzene rings is 1. The minimum atomic E-state index is -0.695. The Balaban J connectivity index is 1.57. The van der Waals surface area contributed by atoms with E-state index in [1.165, 1.54) is 18.5 Å². The summed E-state index contributed by atoms with van der Waals surface area (Å²) in [5, 5.41) is 19.3. The number of aliphatic hydroxyl groups is 1. The number of aromatic amines is 1. The molecule has 22 heavy (non-hydrogen) atoms. The number of aromatic nitrogens is 4. The monoisotopic (exact) mass is 318 g/mol. The minimum absolute atomic E-state index is 0.232. The Hall–Kier alpha value is -2.12. The number of aryl methyl sites for hydroxylation is 1. The minimum Gasteiger partial charge on any atom is -0.385 e. The van der Waals surface area contributed by atoms with Crippen LogP contribution in [0.15, 0.2) is 36.0 Å². The lowest BCUT2D eigenvalue weighted by Crippen LogP contribution is -2.02. The van der Waals surface area contributed by atoms with Crippen molar-refractivity contribution in [3.8, 4) is 0 Å². The lowest BCUT2D eigenvalue weighted by Gasteiger charge is -2.04. The third kappa shape index (κ3) is 3.75. The second kappa shape index (κ2) is 6.76. The summed E-state index contributed by atoms with van der Waals surface area (Å²) < 4.78 is 13.2. The number of hydrogen-bond acceptors (Lipinski definition) is 5. The summed E-state index contributed by atoms with van der Waals surface area (Å²) in [5.74, 6) is 0.166. The van der Waals surface area contributed by atoms with Gasteiger partial charge in [0.15, 0.2) is 5.82 Å². The van der Waals surface area contributed by atoms with Crippen LogP contribution in [0.25, 0.3) is 0 Å². The van der Waals surface area contributed by atoms with E-state index in [1.807, 2.05) is 11.4 Å². The molecule has 3 rings (SSSR count). The van der Waals surface area contributed by atoms with Crippen LogP contribution in [0.1, 0.15) is 34.6 Å². The summed E-state index contributed by atoms with van der Waals surface area (Å²) >= 11 is 1.55. The van der Waals surface area contributed by atoms with E-state index in [2.05, 4.69) is 20.2 Å². The maximum Gasteiger partial charge on any atom is 0.178 e. The predicted octanol–water partition coefficient (Wildman–Crippen LogP) is 2.66. The molecule has 7 heteroatoms. The van der Waals surface area contributed by atoms with E-state index >= 15 is 0 Å². The number of nitrogens with zero attached hydrogens (tertiary/aromatic N) is 3. The Morgan fingerprint density at radius 1 is 1.36 bits per heavy atom. The van der Waals surface area contributed by atoms with Gasteiger partial charge in [-0.3, -0.25) is 5.10 Å².